The van der Waals surface area contributed by atoms with Gasteiger partial charge < -0.3 is 5.73 Å². The maximum absolute atomic E-state index is 12.1. The van der Waals surface area contributed by atoms with Gasteiger partial charge in [-0.05, 0) is 0 Å². The number of amidine groups is 1. The Morgan fingerprint density at radius 3 is 2.38 bits per heavy atom. The fraction of sp³-hybridized carbons (Fsp3) is 0.750. The predicted octanol–water partition coefficient (Wildman–Crippen LogP) is 0.383. The van der Waals surface area contributed by atoms with Crippen LogP contribution in [0.1, 0.15) is 6.42 Å². The second kappa shape index (κ2) is 1.40. The van der Waals surface area contributed by atoms with Gasteiger partial charge in [-0.3, -0.25) is 4.99 Å². The van der Waals surface area contributed by atoms with E-state index in [1.165, 1.54) is 0 Å². The summed E-state index contributed by atoms with van der Waals surface area (Å²) in [6.45, 7) is 0.166. The standard InChI is InChI=1S/C4H6F2N2/c5-4(6)1-2-8-3(4)7/h1-2H2,(H2,7,8). The summed E-state index contributed by atoms with van der Waals surface area (Å²) in [5, 5.41) is 0. The molecule has 1 aliphatic heterocycles. The van der Waals surface area contributed by atoms with Gasteiger partial charge in [0.1, 0.15) is 0 Å². The molecule has 0 aliphatic carbocycles. The molecule has 8 heavy (non-hydrogen) atoms. The fourth-order valence-electron chi connectivity index (χ4n) is 0.561. The summed E-state index contributed by atoms with van der Waals surface area (Å²) in [6, 6.07) is 0. The zero-order valence-electron chi connectivity index (χ0n) is 4.19. The van der Waals surface area contributed by atoms with Crippen LogP contribution in [0.3, 0.4) is 0 Å². The number of nitrogens with zero attached hydrogens (tertiary/aromatic N) is 1. The van der Waals surface area contributed by atoms with Crippen molar-refractivity contribution in [3.8, 4) is 0 Å². The van der Waals surface area contributed by atoms with E-state index in [1.807, 2.05) is 0 Å². The molecule has 4 heteroatoms. The molecule has 0 radical (unpaired) electrons. The highest BCUT2D eigenvalue weighted by atomic mass is 19.3. The van der Waals surface area contributed by atoms with Crippen molar-refractivity contribution in [2.24, 2.45) is 10.7 Å². The van der Waals surface area contributed by atoms with Crippen molar-refractivity contribution >= 4 is 5.84 Å². The van der Waals surface area contributed by atoms with Crippen molar-refractivity contribution in [2.45, 2.75) is 12.3 Å². The molecule has 0 aromatic heterocycles. The normalized spacial score (nSPS) is 25.5. The molecule has 0 amide bonds. The van der Waals surface area contributed by atoms with E-state index in [9.17, 15) is 8.78 Å². The van der Waals surface area contributed by atoms with E-state index in [0.29, 0.717) is 0 Å². The lowest BCUT2D eigenvalue weighted by Gasteiger charge is -2.04. The molecule has 0 aromatic carbocycles. The van der Waals surface area contributed by atoms with Crippen molar-refractivity contribution in [1.82, 2.24) is 0 Å². The lowest BCUT2D eigenvalue weighted by Crippen LogP contribution is -2.31. The monoisotopic (exact) mass is 120 g/mol. The highest BCUT2D eigenvalue weighted by molar-refractivity contribution is 5.88. The Morgan fingerprint density at radius 1 is 1.62 bits per heavy atom. The van der Waals surface area contributed by atoms with Crippen LogP contribution in [-0.4, -0.2) is 18.3 Å². The van der Waals surface area contributed by atoms with E-state index in [1.54, 1.807) is 0 Å². The summed E-state index contributed by atoms with van der Waals surface area (Å²) in [5.74, 6) is -3.34. The number of hydrogen-bond acceptors (Lipinski definition) is 2. The van der Waals surface area contributed by atoms with Crippen molar-refractivity contribution in [1.29, 1.82) is 0 Å². The van der Waals surface area contributed by atoms with Crippen molar-refractivity contribution < 1.29 is 8.78 Å². The summed E-state index contributed by atoms with van der Waals surface area (Å²) < 4.78 is 24.2. The van der Waals surface area contributed by atoms with Crippen molar-refractivity contribution in [2.75, 3.05) is 6.54 Å². The molecule has 0 atom stereocenters. The topological polar surface area (TPSA) is 38.4 Å². The third-order valence-corrected chi connectivity index (χ3v) is 1.08. The Balaban J connectivity index is 2.73. The Labute approximate surface area is 45.4 Å². The van der Waals surface area contributed by atoms with Crippen LogP contribution >= 0.6 is 0 Å². The smallest absolute Gasteiger partial charge is 0.305 e. The maximum atomic E-state index is 12.1. The fourth-order valence-corrected chi connectivity index (χ4v) is 0.561. The Bertz CT molecular complexity index is 130. The molecule has 0 saturated heterocycles. The van der Waals surface area contributed by atoms with E-state index >= 15 is 0 Å². The van der Waals surface area contributed by atoms with Crippen LogP contribution in [0, 0.1) is 0 Å². The van der Waals surface area contributed by atoms with Crippen LogP contribution in [0.4, 0.5) is 8.78 Å². The molecule has 1 heterocycles. The first-order chi connectivity index (χ1) is 3.63. The van der Waals surface area contributed by atoms with E-state index in [2.05, 4.69) is 4.99 Å². The van der Waals surface area contributed by atoms with Gasteiger partial charge in [-0.1, -0.05) is 0 Å². The Kier molecular flexibility index (Phi) is 0.957. The molecule has 0 fully saturated rings. The van der Waals surface area contributed by atoms with Crippen LogP contribution in [0.5, 0.6) is 0 Å². The van der Waals surface area contributed by atoms with Crippen LogP contribution in [-0.2, 0) is 0 Å². The summed E-state index contributed by atoms with van der Waals surface area (Å²) in [7, 11) is 0. The summed E-state index contributed by atoms with van der Waals surface area (Å²) in [5.41, 5.74) is 4.81. The lowest BCUT2D eigenvalue weighted by atomic mass is 10.3. The molecular weight excluding hydrogens is 114 g/mol. The Hall–Kier alpha value is -0.670. The summed E-state index contributed by atoms with van der Waals surface area (Å²) in [6.07, 6.45) is -0.223. The van der Waals surface area contributed by atoms with Gasteiger partial charge in [0, 0.05) is 13.0 Å². The number of alkyl halides is 2. The molecule has 2 nitrogen and oxygen atoms in total. The van der Waals surface area contributed by atoms with Gasteiger partial charge in [0.2, 0.25) is 0 Å². The first-order valence-electron chi connectivity index (χ1n) is 2.31. The maximum Gasteiger partial charge on any atom is 0.305 e. The minimum atomic E-state index is -2.82. The minimum Gasteiger partial charge on any atom is -0.382 e. The molecule has 2 N–H and O–H groups in total. The molecule has 0 spiro atoms. The lowest BCUT2D eigenvalue weighted by molar-refractivity contribution is 0.0792. The second-order valence-electron chi connectivity index (χ2n) is 1.72. The van der Waals surface area contributed by atoms with Crippen molar-refractivity contribution in [3.63, 3.8) is 0 Å². The molecular formula is C4H6F2N2. The highest BCUT2D eigenvalue weighted by Crippen LogP contribution is 2.22. The number of rotatable bonds is 0. The average molecular weight is 120 g/mol. The number of halogens is 2. The molecule has 0 aromatic rings. The van der Waals surface area contributed by atoms with Crippen LogP contribution in [0.15, 0.2) is 4.99 Å². The molecule has 0 bridgehead atoms. The molecule has 46 valence electrons. The quantitative estimate of drug-likeness (QED) is 0.493. The zero-order chi connectivity index (χ0) is 6.20. The SMILES string of the molecule is NC1=NCCC1(F)F. The van der Waals surface area contributed by atoms with Crippen LogP contribution < -0.4 is 5.73 Å². The third-order valence-electron chi connectivity index (χ3n) is 1.08. The number of nitrogens with two attached hydrogens (primary N) is 1. The van der Waals surface area contributed by atoms with Gasteiger partial charge in [-0.15, -0.1) is 0 Å². The molecule has 0 saturated carbocycles. The number of aliphatic imine (C=N–C) groups is 1. The molecule has 1 rings (SSSR count). The van der Waals surface area contributed by atoms with E-state index < -0.39 is 11.8 Å². The predicted molar refractivity (Wildman–Crippen MR) is 26.1 cm³/mol. The van der Waals surface area contributed by atoms with Gasteiger partial charge in [-0.2, -0.15) is 8.78 Å². The largest absolute Gasteiger partial charge is 0.382 e. The summed E-state index contributed by atoms with van der Waals surface area (Å²) in [4.78, 5) is 3.33. The van der Waals surface area contributed by atoms with Crippen LogP contribution in [0.2, 0.25) is 0 Å². The first-order valence-corrected chi connectivity index (χ1v) is 2.31. The van der Waals surface area contributed by atoms with E-state index in [0.717, 1.165) is 0 Å². The third kappa shape index (κ3) is 0.657. The molecule has 1 aliphatic rings. The van der Waals surface area contributed by atoms with Crippen molar-refractivity contribution in [3.05, 3.63) is 0 Å². The summed E-state index contributed by atoms with van der Waals surface area (Å²) >= 11 is 0. The van der Waals surface area contributed by atoms with Gasteiger partial charge in [-0.25, -0.2) is 0 Å². The minimum absolute atomic E-state index is 0.166. The molecule has 0 unspecified atom stereocenters. The van der Waals surface area contributed by atoms with Crippen LogP contribution in [0.25, 0.3) is 0 Å². The highest BCUT2D eigenvalue weighted by Gasteiger charge is 2.37. The Morgan fingerprint density at radius 2 is 2.25 bits per heavy atom. The van der Waals surface area contributed by atoms with Gasteiger partial charge in [0.15, 0.2) is 5.84 Å². The van der Waals surface area contributed by atoms with Gasteiger partial charge in [0.25, 0.3) is 0 Å². The van der Waals surface area contributed by atoms with E-state index in [4.69, 9.17) is 5.73 Å². The first kappa shape index (κ1) is 5.47. The zero-order valence-corrected chi connectivity index (χ0v) is 4.19. The van der Waals surface area contributed by atoms with Gasteiger partial charge in [0.05, 0.1) is 0 Å². The number of hydrogen-bond donors (Lipinski definition) is 1. The van der Waals surface area contributed by atoms with Gasteiger partial charge >= 0.3 is 5.92 Å². The average Bonchev–Trinajstić information content (AvgIpc) is 1.86. The van der Waals surface area contributed by atoms with E-state index in [-0.39, 0.29) is 13.0 Å². The second-order valence-corrected chi connectivity index (χ2v) is 1.72.